The van der Waals surface area contributed by atoms with E-state index in [4.69, 9.17) is 0 Å². The Balaban J connectivity index is 1.81. The molecule has 2 aromatic rings. The largest absolute Gasteiger partial charge is 0.385 e. The van der Waals surface area contributed by atoms with E-state index in [1.807, 2.05) is 24.3 Å². The van der Waals surface area contributed by atoms with Gasteiger partial charge >= 0.3 is 0 Å². The minimum Gasteiger partial charge on any atom is -0.385 e. The van der Waals surface area contributed by atoms with Crippen LogP contribution in [0.2, 0.25) is 0 Å². The highest BCUT2D eigenvalue weighted by atomic mass is 32.1. The van der Waals surface area contributed by atoms with Crippen molar-refractivity contribution >= 4 is 28.6 Å². The normalized spacial score (nSPS) is 10.1. The summed E-state index contributed by atoms with van der Waals surface area (Å²) in [5, 5.41) is 8.20. The number of carbonyl (C=O) groups is 1. The van der Waals surface area contributed by atoms with Gasteiger partial charge in [0.05, 0.1) is 0 Å². The van der Waals surface area contributed by atoms with Gasteiger partial charge in [0.25, 0.3) is 0 Å². The van der Waals surface area contributed by atoms with Gasteiger partial charge in [0, 0.05) is 29.7 Å². The maximum absolute atomic E-state index is 10.9. The van der Waals surface area contributed by atoms with Crippen molar-refractivity contribution < 1.29 is 4.79 Å². The number of nitrogens with one attached hydrogen (secondary N) is 2. The Labute approximate surface area is 111 Å². The van der Waals surface area contributed by atoms with Crippen LogP contribution in [0.25, 0.3) is 0 Å². The molecule has 0 aliphatic rings. The zero-order chi connectivity index (χ0) is 12.8. The number of rotatable bonds is 5. The van der Waals surface area contributed by atoms with Crippen LogP contribution >= 0.6 is 11.3 Å². The molecule has 94 valence electrons. The predicted molar refractivity (Wildman–Crippen MR) is 77.3 cm³/mol. The first kappa shape index (κ1) is 12.6. The second kappa shape index (κ2) is 6.21. The minimum absolute atomic E-state index is 0.0478. The van der Waals surface area contributed by atoms with Gasteiger partial charge in [-0.25, -0.2) is 0 Å². The molecule has 0 saturated heterocycles. The van der Waals surface area contributed by atoms with Crippen LogP contribution in [0, 0.1) is 0 Å². The second-order valence-electron chi connectivity index (χ2n) is 4.01. The first-order valence-electron chi connectivity index (χ1n) is 5.88. The fraction of sp³-hybridized carbons (Fsp3) is 0.214. The van der Waals surface area contributed by atoms with Gasteiger partial charge in [0.2, 0.25) is 5.91 Å². The summed E-state index contributed by atoms with van der Waals surface area (Å²) < 4.78 is 0. The molecule has 0 aliphatic heterocycles. The molecule has 18 heavy (non-hydrogen) atoms. The first-order valence-corrected chi connectivity index (χ1v) is 6.76. The van der Waals surface area contributed by atoms with E-state index in [-0.39, 0.29) is 5.91 Å². The lowest BCUT2D eigenvalue weighted by molar-refractivity contribution is -0.114. The first-order chi connectivity index (χ1) is 8.74. The molecule has 0 atom stereocenters. The molecule has 1 amide bonds. The monoisotopic (exact) mass is 260 g/mol. The Bertz CT molecular complexity index is 491. The molecule has 0 fully saturated rings. The number of anilines is 2. The third kappa shape index (κ3) is 3.89. The molecule has 1 heterocycles. The van der Waals surface area contributed by atoms with E-state index in [0.717, 1.165) is 24.3 Å². The highest BCUT2D eigenvalue weighted by Crippen LogP contribution is 2.14. The SMILES string of the molecule is CC(=O)Nc1ccc(NCCc2cccs2)cc1. The molecule has 4 heteroatoms. The smallest absolute Gasteiger partial charge is 0.221 e. The van der Waals surface area contributed by atoms with Crippen LogP contribution in [-0.4, -0.2) is 12.5 Å². The van der Waals surface area contributed by atoms with Crippen LogP contribution in [0.4, 0.5) is 11.4 Å². The molecule has 0 saturated carbocycles. The lowest BCUT2D eigenvalue weighted by atomic mass is 10.2. The molecule has 0 unspecified atom stereocenters. The van der Waals surface area contributed by atoms with Crippen molar-refractivity contribution in [2.24, 2.45) is 0 Å². The number of thiophene rings is 1. The molecule has 0 radical (unpaired) electrons. The van der Waals surface area contributed by atoms with Gasteiger partial charge in [-0.15, -0.1) is 11.3 Å². The van der Waals surface area contributed by atoms with Gasteiger partial charge in [0.15, 0.2) is 0 Å². The Morgan fingerprint density at radius 3 is 2.50 bits per heavy atom. The molecular weight excluding hydrogens is 244 g/mol. The molecule has 2 N–H and O–H groups in total. The topological polar surface area (TPSA) is 41.1 Å². The van der Waals surface area contributed by atoms with Crippen LogP contribution in [0.15, 0.2) is 41.8 Å². The van der Waals surface area contributed by atoms with E-state index in [1.165, 1.54) is 11.8 Å². The number of hydrogen-bond donors (Lipinski definition) is 2. The van der Waals surface area contributed by atoms with Crippen LogP contribution in [0.1, 0.15) is 11.8 Å². The van der Waals surface area contributed by atoms with Crippen molar-refractivity contribution in [3.05, 3.63) is 46.7 Å². The van der Waals surface area contributed by atoms with E-state index in [2.05, 4.69) is 28.1 Å². The molecule has 0 aliphatic carbocycles. The number of hydrogen-bond acceptors (Lipinski definition) is 3. The predicted octanol–water partition coefficient (Wildman–Crippen LogP) is 3.36. The van der Waals surface area contributed by atoms with Crippen LogP contribution < -0.4 is 10.6 Å². The summed E-state index contributed by atoms with van der Waals surface area (Å²) in [5.74, 6) is -0.0478. The standard InChI is InChI=1S/C14H16N2OS/c1-11(17)16-13-6-4-12(5-7-13)15-9-8-14-3-2-10-18-14/h2-7,10,15H,8-9H2,1H3,(H,16,17). The summed E-state index contributed by atoms with van der Waals surface area (Å²) >= 11 is 1.78. The lowest BCUT2D eigenvalue weighted by Gasteiger charge is -2.07. The van der Waals surface area contributed by atoms with Crippen molar-refractivity contribution in [1.82, 2.24) is 0 Å². The second-order valence-corrected chi connectivity index (χ2v) is 5.05. The fourth-order valence-electron chi connectivity index (χ4n) is 1.66. The maximum Gasteiger partial charge on any atom is 0.221 e. The van der Waals surface area contributed by atoms with Crippen molar-refractivity contribution in [2.75, 3.05) is 17.2 Å². The molecule has 0 spiro atoms. The molecule has 1 aromatic carbocycles. The minimum atomic E-state index is -0.0478. The van der Waals surface area contributed by atoms with Crippen molar-refractivity contribution in [1.29, 1.82) is 0 Å². The quantitative estimate of drug-likeness (QED) is 0.865. The van der Waals surface area contributed by atoms with E-state index in [9.17, 15) is 4.79 Å². The van der Waals surface area contributed by atoms with Gasteiger partial charge in [-0.3, -0.25) is 4.79 Å². The van der Waals surface area contributed by atoms with Crippen molar-refractivity contribution in [3.8, 4) is 0 Å². The maximum atomic E-state index is 10.9. The summed E-state index contributed by atoms with van der Waals surface area (Å²) in [4.78, 5) is 12.3. The number of benzene rings is 1. The Morgan fingerprint density at radius 2 is 1.89 bits per heavy atom. The summed E-state index contributed by atoms with van der Waals surface area (Å²) in [6.45, 7) is 2.42. The van der Waals surface area contributed by atoms with Crippen LogP contribution in [-0.2, 0) is 11.2 Å². The molecule has 3 nitrogen and oxygen atoms in total. The van der Waals surface area contributed by atoms with Gasteiger partial charge in [-0.2, -0.15) is 0 Å². The van der Waals surface area contributed by atoms with Crippen molar-refractivity contribution in [2.45, 2.75) is 13.3 Å². The fourth-order valence-corrected chi connectivity index (χ4v) is 2.37. The van der Waals surface area contributed by atoms with Gasteiger partial charge in [-0.1, -0.05) is 6.07 Å². The Morgan fingerprint density at radius 1 is 1.17 bits per heavy atom. The third-order valence-corrected chi connectivity index (χ3v) is 3.42. The molecule has 1 aromatic heterocycles. The highest BCUT2D eigenvalue weighted by Gasteiger charge is 1.97. The number of amides is 1. The Kier molecular flexibility index (Phi) is 4.36. The van der Waals surface area contributed by atoms with E-state index < -0.39 is 0 Å². The number of carbonyl (C=O) groups excluding carboxylic acids is 1. The summed E-state index contributed by atoms with van der Waals surface area (Å²) in [6.07, 6.45) is 1.03. The summed E-state index contributed by atoms with van der Waals surface area (Å²) in [6, 6.07) is 12.0. The zero-order valence-corrected chi connectivity index (χ0v) is 11.1. The van der Waals surface area contributed by atoms with Crippen LogP contribution in [0.5, 0.6) is 0 Å². The zero-order valence-electron chi connectivity index (χ0n) is 10.3. The third-order valence-electron chi connectivity index (χ3n) is 2.49. The van der Waals surface area contributed by atoms with Gasteiger partial charge in [0.1, 0.15) is 0 Å². The molecule has 0 bridgehead atoms. The van der Waals surface area contributed by atoms with Gasteiger partial charge < -0.3 is 10.6 Å². The Hall–Kier alpha value is -1.81. The lowest BCUT2D eigenvalue weighted by Crippen LogP contribution is -2.06. The average molecular weight is 260 g/mol. The average Bonchev–Trinajstić information content (AvgIpc) is 2.84. The van der Waals surface area contributed by atoms with Crippen molar-refractivity contribution in [3.63, 3.8) is 0 Å². The molecule has 2 rings (SSSR count). The van der Waals surface area contributed by atoms with E-state index >= 15 is 0 Å². The highest BCUT2D eigenvalue weighted by molar-refractivity contribution is 7.09. The van der Waals surface area contributed by atoms with Crippen LogP contribution in [0.3, 0.4) is 0 Å². The van der Waals surface area contributed by atoms with E-state index in [1.54, 1.807) is 11.3 Å². The van der Waals surface area contributed by atoms with E-state index in [0.29, 0.717) is 0 Å². The van der Waals surface area contributed by atoms with Gasteiger partial charge in [-0.05, 0) is 42.1 Å². The summed E-state index contributed by atoms with van der Waals surface area (Å²) in [7, 11) is 0. The summed E-state index contributed by atoms with van der Waals surface area (Å²) in [5.41, 5.74) is 1.90. The molecular formula is C14H16N2OS.